The van der Waals surface area contributed by atoms with Gasteiger partial charge in [0.05, 0.1) is 12.0 Å². The largest absolute Gasteiger partial charge is 0.299 e. The summed E-state index contributed by atoms with van der Waals surface area (Å²) in [5.74, 6) is 8.14. The molecular weight excluding hydrogens is 334 g/mol. The lowest BCUT2D eigenvalue weighted by Gasteiger charge is -2.59. The maximum absolute atomic E-state index is 12.6. The topological polar surface area (TPSA) is 37.4 Å². The zero-order valence-electron chi connectivity index (χ0n) is 17.2. The molecule has 0 radical (unpaired) electrons. The molecule has 4 aliphatic rings. The number of hydrogen-bond donors (Lipinski definition) is 0. The molecule has 3 aliphatic carbocycles. The normalized spacial score (nSPS) is 38.5. The molecule has 146 valence electrons. The smallest absolute Gasteiger partial charge is 0.155 e. The van der Waals surface area contributed by atoms with E-state index in [0.29, 0.717) is 24.5 Å². The van der Waals surface area contributed by atoms with Crippen LogP contribution in [0.15, 0.2) is 11.6 Å². The van der Waals surface area contributed by atoms with E-state index in [1.54, 1.807) is 0 Å². The third-order valence-electron chi connectivity index (χ3n) is 8.15. The van der Waals surface area contributed by atoms with Crippen molar-refractivity contribution in [3.8, 4) is 11.8 Å². The van der Waals surface area contributed by atoms with Crippen LogP contribution in [0.25, 0.3) is 0 Å². The minimum Gasteiger partial charge on any atom is -0.299 e. The maximum atomic E-state index is 12.6. The van der Waals surface area contributed by atoms with Crippen LogP contribution in [-0.4, -0.2) is 36.1 Å². The zero-order valence-corrected chi connectivity index (χ0v) is 17.2. The van der Waals surface area contributed by atoms with E-state index in [4.69, 9.17) is 0 Å². The lowest BCUT2D eigenvalue weighted by Crippen LogP contribution is -2.54. The molecule has 0 amide bonds. The molecule has 3 heteroatoms. The van der Waals surface area contributed by atoms with Gasteiger partial charge in [-0.3, -0.25) is 14.5 Å². The highest BCUT2D eigenvalue weighted by Gasteiger charge is 2.59. The molecule has 0 aromatic rings. The predicted octanol–water partition coefficient (Wildman–Crippen LogP) is 4.17. The van der Waals surface area contributed by atoms with Gasteiger partial charge in [0, 0.05) is 18.3 Å². The molecule has 1 saturated heterocycles. The van der Waals surface area contributed by atoms with E-state index < -0.39 is 0 Å². The molecule has 3 atom stereocenters. The molecule has 4 rings (SSSR count). The monoisotopic (exact) mass is 367 g/mol. The first-order valence-corrected chi connectivity index (χ1v) is 10.8. The van der Waals surface area contributed by atoms with E-state index in [1.165, 1.54) is 31.5 Å². The Hall–Kier alpha value is -1.40. The first-order valence-electron chi connectivity index (χ1n) is 10.8. The minimum atomic E-state index is -0.302. The molecule has 0 aromatic heterocycles. The lowest BCUT2D eigenvalue weighted by atomic mass is 9.44. The Morgan fingerprint density at radius 1 is 1.07 bits per heavy atom. The number of likely N-dealkylation sites (tertiary alicyclic amines) is 1. The van der Waals surface area contributed by atoms with Crippen molar-refractivity contribution in [2.45, 2.75) is 72.1 Å². The molecule has 1 heterocycles. The van der Waals surface area contributed by atoms with Crippen LogP contribution >= 0.6 is 0 Å². The number of ketones is 2. The molecule has 0 aromatic carbocycles. The summed E-state index contributed by atoms with van der Waals surface area (Å²) >= 11 is 0. The fourth-order valence-corrected chi connectivity index (χ4v) is 6.52. The second-order valence-corrected chi connectivity index (χ2v) is 10.0. The molecule has 27 heavy (non-hydrogen) atoms. The van der Waals surface area contributed by atoms with Crippen LogP contribution in [0.3, 0.4) is 0 Å². The Bertz CT molecular complexity index is 746. The average molecular weight is 368 g/mol. The molecule has 3 fully saturated rings. The number of carbonyl (C=O) groups excluding carboxylic acids is 2. The summed E-state index contributed by atoms with van der Waals surface area (Å²) in [6, 6.07) is 0. The standard InChI is InChI=1S/C24H33NO2/c1-22(2)19-8-13-24(10-6-16-25-14-4-5-15-25)12-7-18(26)17-20(24)23(19,3)11-9-21(22)27/h17,19H,4-5,7-9,11-16H2,1-3H3/t19-,23-,24+/m0/s1. The van der Waals surface area contributed by atoms with Gasteiger partial charge in [0.2, 0.25) is 0 Å². The number of Topliss-reactive ketones (excluding diaryl/α,β-unsaturated/α-hetero) is 1. The highest BCUT2D eigenvalue weighted by Crippen LogP contribution is 2.64. The molecular formula is C24H33NO2. The molecule has 3 nitrogen and oxygen atoms in total. The van der Waals surface area contributed by atoms with E-state index in [9.17, 15) is 9.59 Å². The number of allylic oxidation sites excluding steroid dienone is 2. The first kappa shape index (κ1) is 18.9. The van der Waals surface area contributed by atoms with Crippen molar-refractivity contribution < 1.29 is 9.59 Å². The van der Waals surface area contributed by atoms with Crippen molar-refractivity contribution in [3.05, 3.63) is 11.6 Å². The van der Waals surface area contributed by atoms with Gasteiger partial charge >= 0.3 is 0 Å². The van der Waals surface area contributed by atoms with Crippen molar-refractivity contribution in [1.29, 1.82) is 0 Å². The van der Waals surface area contributed by atoms with Gasteiger partial charge in [-0.25, -0.2) is 0 Å². The number of fused-ring (bicyclic) bond motifs is 3. The number of carbonyl (C=O) groups is 2. The Kier molecular flexibility index (Phi) is 4.62. The van der Waals surface area contributed by atoms with Gasteiger partial charge in [-0.15, -0.1) is 0 Å². The van der Waals surface area contributed by atoms with E-state index in [2.05, 4.69) is 37.5 Å². The van der Waals surface area contributed by atoms with Crippen molar-refractivity contribution in [2.24, 2.45) is 22.2 Å². The lowest BCUT2D eigenvalue weighted by molar-refractivity contribution is -0.141. The Labute approximate surface area is 164 Å². The molecule has 0 bridgehead atoms. The van der Waals surface area contributed by atoms with Crippen LogP contribution in [0.5, 0.6) is 0 Å². The summed E-state index contributed by atoms with van der Waals surface area (Å²) in [6.07, 6.45) is 9.52. The Balaban J connectivity index is 1.69. The van der Waals surface area contributed by atoms with Gasteiger partial charge in [-0.2, -0.15) is 0 Å². The van der Waals surface area contributed by atoms with Crippen LogP contribution in [0.1, 0.15) is 72.1 Å². The molecule has 0 N–H and O–H groups in total. The quantitative estimate of drug-likeness (QED) is 0.653. The average Bonchev–Trinajstić information content (AvgIpc) is 3.13. The zero-order chi connectivity index (χ0) is 19.3. The van der Waals surface area contributed by atoms with Crippen LogP contribution in [0, 0.1) is 34.0 Å². The van der Waals surface area contributed by atoms with Gasteiger partial charge < -0.3 is 0 Å². The Morgan fingerprint density at radius 2 is 1.81 bits per heavy atom. The fourth-order valence-electron chi connectivity index (χ4n) is 6.52. The molecule has 0 spiro atoms. The summed E-state index contributed by atoms with van der Waals surface area (Å²) < 4.78 is 0. The summed E-state index contributed by atoms with van der Waals surface area (Å²) in [4.78, 5) is 27.4. The first-order chi connectivity index (χ1) is 12.8. The summed E-state index contributed by atoms with van der Waals surface area (Å²) in [5, 5.41) is 0. The summed E-state index contributed by atoms with van der Waals surface area (Å²) in [7, 11) is 0. The van der Waals surface area contributed by atoms with Gasteiger partial charge in [-0.05, 0) is 74.6 Å². The number of hydrogen-bond acceptors (Lipinski definition) is 3. The van der Waals surface area contributed by atoms with Gasteiger partial charge in [0.1, 0.15) is 5.78 Å². The minimum absolute atomic E-state index is 0.0753. The third-order valence-corrected chi connectivity index (χ3v) is 8.15. The van der Waals surface area contributed by atoms with E-state index in [1.807, 2.05) is 6.08 Å². The van der Waals surface area contributed by atoms with Crippen LogP contribution in [0.4, 0.5) is 0 Å². The highest BCUT2D eigenvalue weighted by atomic mass is 16.1. The predicted molar refractivity (Wildman–Crippen MR) is 107 cm³/mol. The SMILES string of the molecule is CC1(C)C(=O)CC[C@]2(C)C3=CC(=O)CC[C@]3(C#CCN3CCCC3)CC[C@@H]12. The van der Waals surface area contributed by atoms with Crippen LogP contribution in [0.2, 0.25) is 0 Å². The van der Waals surface area contributed by atoms with E-state index >= 15 is 0 Å². The Morgan fingerprint density at radius 3 is 2.56 bits per heavy atom. The second kappa shape index (κ2) is 6.59. The third kappa shape index (κ3) is 3.01. The number of rotatable bonds is 1. The molecule has 2 saturated carbocycles. The van der Waals surface area contributed by atoms with Crippen LogP contribution < -0.4 is 0 Å². The molecule has 0 unspecified atom stereocenters. The summed E-state index contributed by atoms with van der Waals surface area (Å²) in [6.45, 7) is 9.74. The second-order valence-electron chi connectivity index (χ2n) is 10.0. The van der Waals surface area contributed by atoms with E-state index in [0.717, 1.165) is 32.2 Å². The van der Waals surface area contributed by atoms with Gasteiger partial charge in [-0.1, -0.05) is 32.6 Å². The van der Waals surface area contributed by atoms with Crippen molar-refractivity contribution >= 4 is 11.6 Å². The van der Waals surface area contributed by atoms with Gasteiger partial charge in [0.15, 0.2) is 5.78 Å². The highest BCUT2D eigenvalue weighted by molar-refractivity contribution is 5.93. The van der Waals surface area contributed by atoms with Crippen molar-refractivity contribution in [2.75, 3.05) is 19.6 Å². The van der Waals surface area contributed by atoms with E-state index in [-0.39, 0.29) is 22.0 Å². The van der Waals surface area contributed by atoms with Gasteiger partial charge in [0.25, 0.3) is 0 Å². The number of nitrogens with zero attached hydrogens (tertiary/aromatic N) is 1. The maximum Gasteiger partial charge on any atom is 0.155 e. The van der Waals surface area contributed by atoms with Crippen molar-refractivity contribution in [3.63, 3.8) is 0 Å². The molecule has 1 aliphatic heterocycles. The van der Waals surface area contributed by atoms with Crippen molar-refractivity contribution in [1.82, 2.24) is 4.90 Å². The summed E-state index contributed by atoms with van der Waals surface area (Å²) in [5.41, 5.74) is 0.740. The fraction of sp³-hybridized carbons (Fsp3) is 0.750. The van der Waals surface area contributed by atoms with Crippen LogP contribution in [-0.2, 0) is 9.59 Å².